The van der Waals surface area contributed by atoms with Gasteiger partial charge in [-0.15, -0.1) is 0 Å². The minimum absolute atomic E-state index is 0.0668. The Hall–Kier alpha value is -4.86. The maximum Gasteiger partial charge on any atom is 0.302 e. The number of hydrogen-bond acceptors (Lipinski definition) is 6. The van der Waals surface area contributed by atoms with Gasteiger partial charge < -0.3 is 29.1 Å². The van der Waals surface area contributed by atoms with E-state index in [0.29, 0.717) is 37.6 Å². The molecule has 9 nitrogen and oxygen atoms in total. The first-order valence-electron chi connectivity index (χ1n) is 13.9. The number of H-pyrrole nitrogens is 1. The first-order chi connectivity index (χ1) is 20.1. The highest BCUT2D eigenvalue weighted by Crippen LogP contribution is 2.34. The van der Waals surface area contributed by atoms with E-state index < -0.39 is 0 Å². The van der Waals surface area contributed by atoms with Crippen LogP contribution in [0.2, 0.25) is 0 Å². The first kappa shape index (κ1) is 26.4. The lowest BCUT2D eigenvalue weighted by Crippen LogP contribution is -2.49. The quantitative estimate of drug-likeness (QED) is 0.346. The van der Waals surface area contributed by atoms with Crippen LogP contribution in [0.4, 0.5) is 5.69 Å². The van der Waals surface area contributed by atoms with Crippen molar-refractivity contribution in [1.29, 1.82) is 5.26 Å². The lowest BCUT2D eigenvalue weighted by atomic mass is 10.0. The Balaban J connectivity index is 1.20. The van der Waals surface area contributed by atoms with Gasteiger partial charge in [0.2, 0.25) is 0 Å². The Bertz CT molecular complexity index is 1630. The van der Waals surface area contributed by atoms with E-state index in [-0.39, 0.29) is 18.6 Å². The summed E-state index contributed by atoms with van der Waals surface area (Å²) >= 11 is 0. The highest BCUT2D eigenvalue weighted by Gasteiger charge is 2.23. The number of hydrogen-bond donors (Lipinski definition) is 1. The third-order valence-corrected chi connectivity index (χ3v) is 7.80. The van der Waals surface area contributed by atoms with Gasteiger partial charge in [0.1, 0.15) is 23.6 Å². The highest BCUT2D eigenvalue weighted by atomic mass is 16.5. The molecule has 4 aromatic rings. The predicted octanol–water partition coefficient (Wildman–Crippen LogP) is 4.89. The SMILES string of the molecule is [C-]#[N+]CC(=O)N1CCN(c2ccc(-c3cc4c(-c5ccc(OC6CCOCC6)c(C#N)c5)ccnc4[nH]3)cc2)CC1. The molecule has 0 radical (unpaired) electrons. The number of nitrogens with one attached hydrogen (secondary N) is 1. The van der Waals surface area contributed by atoms with Crippen molar-refractivity contribution in [2.24, 2.45) is 0 Å². The third-order valence-electron chi connectivity index (χ3n) is 7.80. The number of piperazine rings is 1. The molecule has 2 saturated heterocycles. The van der Waals surface area contributed by atoms with E-state index in [9.17, 15) is 10.1 Å². The van der Waals surface area contributed by atoms with E-state index in [1.807, 2.05) is 24.3 Å². The van der Waals surface area contributed by atoms with Gasteiger partial charge in [-0.3, -0.25) is 4.79 Å². The van der Waals surface area contributed by atoms with Crippen molar-refractivity contribution in [1.82, 2.24) is 14.9 Å². The van der Waals surface area contributed by atoms with E-state index in [2.05, 4.69) is 56.1 Å². The second-order valence-electron chi connectivity index (χ2n) is 10.3. The summed E-state index contributed by atoms with van der Waals surface area (Å²) in [5.41, 5.74) is 6.33. The molecular formula is C32H30N6O3. The van der Waals surface area contributed by atoms with Gasteiger partial charge in [0.25, 0.3) is 6.54 Å². The maximum atomic E-state index is 12.0. The van der Waals surface area contributed by atoms with Crippen molar-refractivity contribution in [2.45, 2.75) is 18.9 Å². The second kappa shape index (κ2) is 11.7. The van der Waals surface area contributed by atoms with Gasteiger partial charge in [0.15, 0.2) is 0 Å². The number of nitriles is 1. The summed E-state index contributed by atoms with van der Waals surface area (Å²) in [4.78, 5) is 27.3. The number of rotatable bonds is 6. The maximum absolute atomic E-state index is 12.0. The molecule has 0 spiro atoms. The molecule has 6 rings (SSSR count). The zero-order valence-corrected chi connectivity index (χ0v) is 22.7. The van der Waals surface area contributed by atoms with Crippen molar-refractivity contribution >= 4 is 22.6 Å². The monoisotopic (exact) mass is 546 g/mol. The molecule has 2 aliphatic rings. The van der Waals surface area contributed by atoms with Crippen LogP contribution in [0.1, 0.15) is 18.4 Å². The Kier molecular flexibility index (Phi) is 7.53. The fourth-order valence-electron chi connectivity index (χ4n) is 5.53. The average Bonchev–Trinajstić information content (AvgIpc) is 3.47. The lowest BCUT2D eigenvalue weighted by molar-refractivity contribution is -0.129. The molecule has 1 N–H and O–H groups in total. The van der Waals surface area contributed by atoms with E-state index >= 15 is 0 Å². The molecular weight excluding hydrogens is 516 g/mol. The normalized spacial score (nSPS) is 15.9. The molecule has 2 aromatic carbocycles. The number of carbonyl (C=O) groups excluding carboxylic acids is 1. The van der Waals surface area contributed by atoms with Gasteiger partial charge >= 0.3 is 5.91 Å². The summed E-state index contributed by atoms with van der Waals surface area (Å²) in [5.74, 6) is 0.518. The summed E-state index contributed by atoms with van der Waals surface area (Å²) < 4.78 is 11.6. The molecule has 2 aliphatic heterocycles. The number of aromatic amines is 1. The van der Waals surface area contributed by atoms with Crippen LogP contribution in [-0.2, 0) is 9.53 Å². The van der Waals surface area contributed by atoms with Crippen LogP contribution in [-0.4, -0.2) is 72.8 Å². The molecule has 9 heteroatoms. The zero-order chi connectivity index (χ0) is 28.2. The summed E-state index contributed by atoms with van der Waals surface area (Å²) in [6.45, 7) is 10.9. The van der Waals surface area contributed by atoms with Gasteiger partial charge in [-0.05, 0) is 53.1 Å². The van der Waals surface area contributed by atoms with Crippen molar-refractivity contribution in [3.05, 3.63) is 77.8 Å². The van der Waals surface area contributed by atoms with Crippen LogP contribution in [0, 0.1) is 17.9 Å². The number of nitrogens with zero attached hydrogens (tertiary/aromatic N) is 5. The Morgan fingerprint density at radius 3 is 2.56 bits per heavy atom. The summed E-state index contributed by atoms with van der Waals surface area (Å²) in [7, 11) is 0. The number of amides is 1. The largest absolute Gasteiger partial charge is 0.489 e. The summed E-state index contributed by atoms with van der Waals surface area (Å²) in [5, 5.41) is 10.8. The average molecular weight is 547 g/mol. The number of benzene rings is 2. The number of aromatic nitrogens is 2. The minimum atomic E-state index is -0.0927. The van der Waals surface area contributed by atoms with Crippen LogP contribution < -0.4 is 9.64 Å². The number of carbonyl (C=O) groups is 1. The fraction of sp³-hybridized carbons (Fsp3) is 0.312. The lowest BCUT2D eigenvalue weighted by Gasteiger charge is -2.35. The van der Waals surface area contributed by atoms with Crippen LogP contribution in [0.5, 0.6) is 5.75 Å². The minimum Gasteiger partial charge on any atom is -0.489 e. The smallest absolute Gasteiger partial charge is 0.302 e. The molecule has 0 aliphatic carbocycles. The van der Waals surface area contributed by atoms with Gasteiger partial charge in [0.05, 0.1) is 18.8 Å². The highest BCUT2D eigenvalue weighted by molar-refractivity contribution is 5.96. The Labute approximate surface area is 238 Å². The van der Waals surface area contributed by atoms with Crippen LogP contribution in [0.3, 0.4) is 0 Å². The Morgan fingerprint density at radius 1 is 1.07 bits per heavy atom. The first-order valence-corrected chi connectivity index (χ1v) is 13.9. The predicted molar refractivity (Wildman–Crippen MR) is 156 cm³/mol. The van der Waals surface area contributed by atoms with Crippen molar-refractivity contribution in [3.8, 4) is 34.2 Å². The number of pyridine rings is 1. The van der Waals surface area contributed by atoms with Crippen molar-refractivity contribution < 1.29 is 14.3 Å². The van der Waals surface area contributed by atoms with Crippen LogP contribution >= 0.6 is 0 Å². The van der Waals surface area contributed by atoms with E-state index in [0.717, 1.165) is 65.0 Å². The van der Waals surface area contributed by atoms with Gasteiger partial charge in [-0.25, -0.2) is 11.6 Å². The summed E-state index contributed by atoms with van der Waals surface area (Å²) in [6.07, 6.45) is 3.50. The topological polar surface area (TPSA) is 98.8 Å². The molecule has 2 aromatic heterocycles. The van der Waals surface area contributed by atoms with E-state index in [4.69, 9.17) is 16.0 Å². The molecule has 1 amide bonds. The standard InChI is InChI=1S/C32H30N6O3/c1-34-21-31(39)38-14-12-37(13-15-38)25-5-2-22(3-6-25)29-19-28-27(8-11-35-32(28)36-29)23-4-7-30(24(18-23)20-33)41-26-9-16-40-17-10-26/h2-8,11,18-19,26H,9-10,12-17,21H2,(H,35,36). The molecule has 41 heavy (non-hydrogen) atoms. The molecule has 4 heterocycles. The van der Waals surface area contributed by atoms with Gasteiger partial charge in [-0.2, -0.15) is 5.26 Å². The van der Waals surface area contributed by atoms with Crippen molar-refractivity contribution in [2.75, 3.05) is 50.8 Å². The van der Waals surface area contributed by atoms with Crippen LogP contribution in [0.25, 0.3) is 38.3 Å². The Morgan fingerprint density at radius 2 is 1.83 bits per heavy atom. The van der Waals surface area contributed by atoms with Gasteiger partial charge in [-0.1, -0.05) is 18.2 Å². The van der Waals surface area contributed by atoms with Crippen molar-refractivity contribution in [3.63, 3.8) is 0 Å². The number of fused-ring (bicyclic) bond motifs is 1. The molecule has 0 bridgehead atoms. The number of anilines is 1. The fourth-order valence-corrected chi connectivity index (χ4v) is 5.53. The summed E-state index contributed by atoms with van der Waals surface area (Å²) in [6, 6.07) is 20.5. The van der Waals surface area contributed by atoms with E-state index in [1.54, 1.807) is 11.1 Å². The third kappa shape index (κ3) is 5.58. The second-order valence-corrected chi connectivity index (χ2v) is 10.3. The molecule has 0 atom stereocenters. The molecule has 0 saturated carbocycles. The number of ether oxygens (including phenoxy) is 2. The molecule has 0 unspecified atom stereocenters. The zero-order valence-electron chi connectivity index (χ0n) is 22.7. The van der Waals surface area contributed by atoms with E-state index in [1.165, 1.54) is 0 Å². The molecule has 206 valence electrons. The molecule has 2 fully saturated rings. The van der Waals surface area contributed by atoms with Crippen LogP contribution in [0.15, 0.2) is 60.8 Å². The van der Waals surface area contributed by atoms with Gasteiger partial charge in [0, 0.05) is 62.0 Å².